The van der Waals surface area contributed by atoms with Crippen molar-refractivity contribution in [2.75, 3.05) is 0 Å². The molecule has 2 aromatic rings. The normalized spacial score (nSPS) is 11.0. The lowest BCUT2D eigenvalue weighted by atomic mass is 10.1. The van der Waals surface area contributed by atoms with Crippen LogP contribution in [0.3, 0.4) is 0 Å². The lowest BCUT2D eigenvalue weighted by molar-refractivity contribution is 0.403. The lowest BCUT2D eigenvalue weighted by Crippen LogP contribution is -1.83. The molecular weight excluding hydrogens is 226 g/mol. The van der Waals surface area contributed by atoms with Gasteiger partial charge in [0.2, 0.25) is 0 Å². The summed E-state index contributed by atoms with van der Waals surface area (Å²) in [6, 6.07) is 10.7. The minimum absolute atomic E-state index is 0.140. The van der Waals surface area contributed by atoms with Crippen molar-refractivity contribution in [3.8, 4) is 11.5 Å². The smallest absolute Gasteiger partial charge is 0.166 e. The number of hydrogen-bond donors (Lipinski definition) is 2. The van der Waals surface area contributed by atoms with Crippen molar-refractivity contribution in [1.82, 2.24) is 0 Å². The quantitative estimate of drug-likeness (QED) is 0.625. The fourth-order valence-corrected chi connectivity index (χ4v) is 1.60. The number of aryl methyl sites for hydroxylation is 2. The van der Waals surface area contributed by atoms with Gasteiger partial charge in [0.15, 0.2) is 11.5 Å². The van der Waals surface area contributed by atoms with E-state index >= 15 is 0 Å². The van der Waals surface area contributed by atoms with Crippen molar-refractivity contribution >= 4 is 11.9 Å². The third-order valence-corrected chi connectivity index (χ3v) is 2.89. The summed E-state index contributed by atoms with van der Waals surface area (Å²) >= 11 is 0. The van der Waals surface area contributed by atoms with Crippen LogP contribution < -0.4 is 0 Å². The first-order valence-electron chi connectivity index (χ1n) is 5.70. The second-order valence-electron chi connectivity index (χ2n) is 4.24. The van der Waals surface area contributed by atoms with Crippen molar-refractivity contribution < 1.29 is 10.2 Å². The molecule has 0 aliphatic carbocycles. The fourth-order valence-electron chi connectivity index (χ4n) is 1.60. The van der Waals surface area contributed by atoms with Crippen LogP contribution in [-0.2, 0) is 0 Å². The van der Waals surface area contributed by atoms with Gasteiger partial charge in [-0.1, -0.05) is 12.1 Å². The van der Waals surface area contributed by atoms with Gasteiger partial charge in [0.25, 0.3) is 0 Å². The predicted molar refractivity (Wildman–Crippen MR) is 72.9 cm³/mol. The maximum Gasteiger partial charge on any atom is 0.166 e. The van der Waals surface area contributed by atoms with Crippen LogP contribution >= 0.6 is 0 Å². The van der Waals surface area contributed by atoms with E-state index in [4.69, 9.17) is 0 Å². The van der Waals surface area contributed by atoms with Gasteiger partial charge in [0, 0.05) is 11.8 Å². The zero-order valence-corrected chi connectivity index (χ0v) is 10.4. The number of benzene rings is 2. The molecule has 0 atom stereocenters. The van der Waals surface area contributed by atoms with Crippen molar-refractivity contribution in [3.05, 3.63) is 53.1 Å². The van der Waals surface area contributed by atoms with Crippen molar-refractivity contribution in [1.29, 1.82) is 0 Å². The van der Waals surface area contributed by atoms with Crippen LogP contribution in [0.5, 0.6) is 11.5 Å². The van der Waals surface area contributed by atoms with E-state index in [1.165, 1.54) is 17.2 Å². The van der Waals surface area contributed by atoms with E-state index in [0.29, 0.717) is 5.56 Å². The summed E-state index contributed by atoms with van der Waals surface area (Å²) in [4.78, 5) is 4.28. The largest absolute Gasteiger partial charge is 0.504 e. The number of nitrogens with zero attached hydrogens (tertiary/aromatic N) is 1. The van der Waals surface area contributed by atoms with Crippen LogP contribution in [0.1, 0.15) is 16.7 Å². The van der Waals surface area contributed by atoms with Crippen LogP contribution in [-0.4, -0.2) is 16.4 Å². The van der Waals surface area contributed by atoms with Crippen molar-refractivity contribution in [2.24, 2.45) is 4.99 Å². The SMILES string of the molecule is Cc1ccc(/N=C/c2cccc(O)c2O)cc1C. The molecule has 2 N–H and O–H groups in total. The van der Waals surface area contributed by atoms with Crippen LogP contribution in [0.2, 0.25) is 0 Å². The maximum atomic E-state index is 9.63. The van der Waals surface area contributed by atoms with E-state index in [2.05, 4.69) is 4.99 Å². The highest BCUT2D eigenvalue weighted by Gasteiger charge is 2.02. The molecule has 0 radical (unpaired) electrons. The number of para-hydroxylation sites is 1. The number of phenolic OH excluding ortho intramolecular Hbond substituents is 2. The van der Waals surface area contributed by atoms with Gasteiger partial charge >= 0.3 is 0 Å². The third-order valence-electron chi connectivity index (χ3n) is 2.89. The summed E-state index contributed by atoms with van der Waals surface area (Å²) in [5.41, 5.74) is 3.70. The van der Waals surface area contributed by atoms with E-state index in [-0.39, 0.29) is 11.5 Å². The molecular formula is C15H15NO2. The minimum Gasteiger partial charge on any atom is -0.504 e. The molecule has 0 aliphatic rings. The molecule has 2 rings (SSSR count). The van der Waals surface area contributed by atoms with Gasteiger partial charge in [0.05, 0.1) is 5.69 Å². The summed E-state index contributed by atoms with van der Waals surface area (Å²) < 4.78 is 0. The Labute approximate surface area is 106 Å². The molecule has 0 saturated heterocycles. The van der Waals surface area contributed by atoms with E-state index in [0.717, 1.165) is 5.69 Å². The zero-order valence-electron chi connectivity index (χ0n) is 10.4. The average Bonchev–Trinajstić information content (AvgIpc) is 2.35. The van der Waals surface area contributed by atoms with Crippen molar-refractivity contribution in [3.63, 3.8) is 0 Å². The summed E-state index contributed by atoms with van der Waals surface area (Å²) in [6.07, 6.45) is 1.54. The molecule has 0 fully saturated rings. The third kappa shape index (κ3) is 2.51. The van der Waals surface area contributed by atoms with Crippen LogP contribution in [0.4, 0.5) is 5.69 Å². The molecule has 0 aliphatic heterocycles. The van der Waals surface area contributed by atoms with Crippen molar-refractivity contribution in [2.45, 2.75) is 13.8 Å². The molecule has 0 bridgehead atoms. The van der Waals surface area contributed by atoms with Gasteiger partial charge in [-0.3, -0.25) is 4.99 Å². The van der Waals surface area contributed by atoms with Gasteiger partial charge in [-0.2, -0.15) is 0 Å². The lowest BCUT2D eigenvalue weighted by Gasteiger charge is -2.02. The fraction of sp³-hybridized carbons (Fsp3) is 0.133. The molecule has 0 unspecified atom stereocenters. The molecule has 92 valence electrons. The highest BCUT2D eigenvalue weighted by Crippen LogP contribution is 2.27. The summed E-state index contributed by atoms with van der Waals surface area (Å²) in [5.74, 6) is -0.288. The second kappa shape index (κ2) is 4.92. The van der Waals surface area contributed by atoms with Gasteiger partial charge in [-0.05, 0) is 49.2 Å². The molecule has 0 amide bonds. The first-order chi connectivity index (χ1) is 8.58. The van der Waals surface area contributed by atoms with Gasteiger partial charge in [0.1, 0.15) is 0 Å². The number of phenols is 2. The molecule has 3 nitrogen and oxygen atoms in total. The minimum atomic E-state index is -0.148. The molecule has 0 heterocycles. The Morgan fingerprint density at radius 3 is 2.50 bits per heavy atom. The van der Waals surface area contributed by atoms with E-state index in [9.17, 15) is 10.2 Å². The Hall–Kier alpha value is -2.29. The van der Waals surface area contributed by atoms with Crippen LogP contribution in [0.15, 0.2) is 41.4 Å². The molecule has 3 heteroatoms. The van der Waals surface area contributed by atoms with Gasteiger partial charge in [-0.25, -0.2) is 0 Å². The number of hydrogen-bond acceptors (Lipinski definition) is 3. The van der Waals surface area contributed by atoms with Gasteiger partial charge < -0.3 is 10.2 Å². The zero-order chi connectivity index (χ0) is 13.1. The standard InChI is InChI=1S/C15H15NO2/c1-10-6-7-13(8-11(10)2)16-9-12-4-3-5-14(17)15(12)18/h3-9,17-18H,1-2H3/b16-9+. The van der Waals surface area contributed by atoms with Gasteiger partial charge in [-0.15, -0.1) is 0 Å². The second-order valence-corrected chi connectivity index (χ2v) is 4.24. The maximum absolute atomic E-state index is 9.63. The van der Waals surface area contributed by atoms with E-state index in [1.807, 2.05) is 32.0 Å². The highest BCUT2D eigenvalue weighted by atomic mass is 16.3. The average molecular weight is 241 g/mol. The number of aromatic hydroxyl groups is 2. The molecule has 0 saturated carbocycles. The Bertz CT molecular complexity index is 603. The summed E-state index contributed by atoms with van der Waals surface area (Å²) in [7, 11) is 0. The Balaban J connectivity index is 2.30. The first kappa shape index (κ1) is 12.2. The van der Waals surface area contributed by atoms with E-state index in [1.54, 1.807) is 18.3 Å². The topological polar surface area (TPSA) is 52.8 Å². The van der Waals surface area contributed by atoms with Crippen LogP contribution in [0, 0.1) is 13.8 Å². The first-order valence-corrected chi connectivity index (χ1v) is 5.70. The monoisotopic (exact) mass is 241 g/mol. The Morgan fingerprint density at radius 1 is 1.00 bits per heavy atom. The van der Waals surface area contributed by atoms with E-state index < -0.39 is 0 Å². The highest BCUT2D eigenvalue weighted by molar-refractivity contribution is 5.86. The predicted octanol–water partition coefficient (Wildman–Crippen LogP) is 3.47. The molecule has 0 aromatic heterocycles. The Kier molecular flexibility index (Phi) is 3.33. The number of aliphatic imine (C=N–C) groups is 1. The molecule has 18 heavy (non-hydrogen) atoms. The summed E-state index contributed by atoms with van der Waals surface area (Å²) in [5, 5.41) is 19.0. The summed E-state index contributed by atoms with van der Waals surface area (Å²) in [6.45, 7) is 4.07. The number of rotatable bonds is 2. The molecule has 0 spiro atoms. The van der Waals surface area contributed by atoms with Crippen LogP contribution in [0.25, 0.3) is 0 Å². The Morgan fingerprint density at radius 2 is 1.78 bits per heavy atom. The molecule has 2 aromatic carbocycles.